The van der Waals surface area contributed by atoms with Gasteiger partial charge in [0.15, 0.2) is 0 Å². The van der Waals surface area contributed by atoms with E-state index < -0.39 is 11.4 Å². The van der Waals surface area contributed by atoms with Crippen LogP contribution >= 0.6 is 11.6 Å². The van der Waals surface area contributed by atoms with E-state index in [1.54, 1.807) is 68.1 Å². The number of nitriles is 1. The molecule has 0 bridgehead atoms. The number of methoxy groups -OCH3 is 2. The zero-order valence-electron chi connectivity index (χ0n) is 24.5. The summed E-state index contributed by atoms with van der Waals surface area (Å²) in [5.41, 5.74) is 7.28. The van der Waals surface area contributed by atoms with E-state index in [4.69, 9.17) is 26.8 Å². The summed E-state index contributed by atoms with van der Waals surface area (Å²) in [7, 11) is 4.70. The number of halogens is 1. The van der Waals surface area contributed by atoms with Crippen LogP contribution in [-0.4, -0.2) is 47.2 Å². The fourth-order valence-corrected chi connectivity index (χ4v) is 4.77. The van der Waals surface area contributed by atoms with Gasteiger partial charge in [-0.3, -0.25) is 14.2 Å². The maximum Gasteiger partial charge on any atom is 0.266 e. The molecule has 2 aromatic heterocycles. The number of amides is 1. The third kappa shape index (κ3) is 7.12. The smallest absolute Gasteiger partial charge is 0.266 e. The van der Waals surface area contributed by atoms with Gasteiger partial charge in [-0.15, -0.1) is 0 Å². The summed E-state index contributed by atoms with van der Waals surface area (Å²) in [5.74, 6) is 0.649. The van der Waals surface area contributed by atoms with Crippen LogP contribution in [-0.2, 0) is 17.8 Å². The van der Waals surface area contributed by atoms with E-state index >= 15 is 0 Å². The van der Waals surface area contributed by atoms with Crippen molar-refractivity contribution in [2.24, 2.45) is 5.73 Å². The number of anilines is 2. The number of nitrogens with one attached hydrogen (secondary N) is 2. The molecular formula is C31H32ClN7O4. The van der Waals surface area contributed by atoms with Gasteiger partial charge in [-0.25, -0.2) is 4.98 Å². The Morgan fingerprint density at radius 3 is 2.60 bits per heavy atom. The van der Waals surface area contributed by atoms with Crippen LogP contribution in [0, 0.1) is 11.3 Å². The molecule has 4 rings (SSSR count). The topological polar surface area (TPSA) is 157 Å². The highest BCUT2D eigenvalue weighted by Crippen LogP contribution is 2.38. The van der Waals surface area contributed by atoms with Gasteiger partial charge in [0, 0.05) is 53.6 Å². The number of fused-ring (bicyclic) bond motifs is 1. The van der Waals surface area contributed by atoms with E-state index in [2.05, 4.69) is 20.6 Å². The first-order chi connectivity index (χ1) is 20.5. The number of nitrogens with zero attached hydrogens (tertiary/aromatic N) is 4. The molecule has 43 heavy (non-hydrogen) atoms. The van der Waals surface area contributed by atoms with Crippen molar-refractivity contribution >= 4 is 40.2 Å². The fourth-order valence-electron chi connectivity index (χ4n) is 4.48. The number of hydrogen-bond acceptors (Lipinski definition) is 9. The Morgan fingerprint density at radius 1 is 1.19 bits per heavy atom. The molecule has 0 aliphatic heterocycles. The van der Waals surface area contributed by atoms with Gasteiger partial charge in [-0.2, -0.15) is 10.2 Å². The van der Waals surface area contributed by atoms with Crippen LogP contribution in [0.2, 0.25) is 5.02 Å². The van der Waals surface area contributed by atoms with Crippen molar-refractivity contribution in [2.45, 2.75) is 32.4 Å². The number of pyridine rings is 1. The molecule has 0 unspecified atom stereocenters. The lowest BCUT2D eigenvalue weighted by Crippen LogP contribution is -2.30. The number of carbonyl (C=O) groups is 1. The van der Waals surface area contributed by atoms with Gasteiger partial charge >= 0.3 is 0 Å². The van der Waals surface area contributed by atoms with Crippen molar-refractivity contribution in [3.05, 3.63) is 81.3 Å². The number of aryl methyl sites for hydroxylation is 2. The normalized spacial score (nSPS) is 11.6. The molecule has 0 radical (unpaired) electrons. The Kier molecular flexibility index (Phi) is 9.34. The van der Waals surface area contributed by atoms with Crippen molar-refractivity contribution in [1.29, 1.82) is 5.26 Å². The summed E-state index contributed by atoms with van der Waals surface area (Å²) >= 11 is 6.66. The number of ether oxygens (including phenoxy) is 2. The molecule has 0 saturated carbocycles. The minimum atomic E-state index is -0.828. The Morgan fingerprint density at radius 2 is 1.95 bits per heavy atom. The number of benzene rings is 2. The van der Waals surface area contributed by atoms with Crippen LogP contribution < -0.4 is 31.4 Å². The summed E-state index contributed by atoms with van der Waals surface area (Å²) in [6.45, 7) is 3.65. The molecule has 12 heteroatoms. The van der Waals surface area contributed by atoms with E-state index in [1.165, 1.54) is 20.3 Å². The molecule has 1 amide bonds. The maximum absolute atomic E-state index is 14.0. The number of rotatable bonds is 10. The van der Waals surface area contributed by atoms with Crippen LogP contribution in [0.5, 0.6) is 11.5 Å². The van der Waals surface area contributed by atoms with Crippen LogP contribution in [0.25, 0.3) is 22.2 Å². The Bertz CT molecular complexity index is 1820. The Balaban J connectivity index is 1.73. The lowest BCUT2D eigenvalue weighted by molar-refractivity contribution is -0.112. The van der Waals surface area contributed by atoms with E-state index in [9.17, 15) is 14.9 Å². The van der Waals surface area contributed by atoms with Gasteiger partial charge in [0.2, 0.25) is 5.95 Å². The van der Waals surface area contributed by atoms with Crippen molar-refractivity contribution in [3.8, 4) is 28.7 Å². The molecule has 0 fully saturated rings. The third-order valence-electron chi connectivity index (χ3n) is 6.50. The summed E-state index contributed by atoms with van der Waals surface area (Å²) < 4.78 is 12.4. The number of carbonyl (C=O) groups excluding carboxylic acids is 1. The Labute approximate surface area is 253 Å². The molecule has 0 atom stereocenters. The summed E-state index contributed by atoms with van der Waals surface area (Å²) in [4.78, 5) is 35.6. The minimum Gasteiger partial charge on any atom is -0.497 e. The number of nitrogens with two attached hydrogens (primary N) is 1. The molecule has 0 aliphatic rings. The predicted molar refractivity (Wildman–Crippen MR) is 168 cm³/mol. The molecule has 4 N–H and O–H groups in total. The van der Waals surface area contributed by atoms with Gasteiger partial charge in [0.1, 0.15) is 28.8 Å². The quantitative estimate of drug-likeness (QED) is 0.175. The second kappa shape index (κ2) is 12.9. The molecule has 2 heterocycles. The van der Waals surface area contributed by atoms with E-state index in [-0.39, 0.29) is 22.7 Å². The van der Waals surface area contributed by atoms with Crippen LogP contribution in [0.4, 0.5) is 11.6 Å². The monoisotopic (exact) mass is 601 g/mol. The van der Waals surface area contributed by atoms with Crippen molar-refractivity contribution in [3.63, 3.8) is 0 Å². The predicted octanol–water partition coefficient (Wildman–Crippen LogP) is 4.54. The number of hydrogen-bond donors (Lipinski definition) is 3. The van der Waals surface area contributed by atoms with Crippen molar-refractivity contribution < 1.29 is 14.3 Å². The van der Waals surface area contributed by atoms with Crippen molar-refractivity contribution in [2.75, 3.05) is 31.9 Å². The molecule has 11 nitrogen and oxygen atoms in total. The zero-order valence-corrected chi connectivity index (χ0v) is 25.2. The number of aromatic nitrogens is 3. The highest BCUT2D eigenvalue weighted by Gasteiger charge is 2.20. The largest absolute Gasteiger partial charge is 0.497 e. The lowest BCUT2D eigenvalue weighted by atomic mass is 10.0. The maximum atomic E-state index is 14.0. The fraction of sp³-hybridized carbons (Fsp3) is 0.258. The molecular weight excluding hydrogens is 570 g/mol. The highest BCUT2D eigenvalue weighted by atomic mass is 35.5. The van der Waals surface area contributed by atoms with Crippen molar-refractivity contribution in [1.82, 2.24) is 14.5 Å². The first-order valence-electron chi connectivity index (χ1n) is 13.3. The molecule has 0 spiro atoms. The van der Waals surface area contributed by atoms with Gasteiger partial charge in [0.25, 0.3) is 11.5 Å². The van der Waals surface area contributed by atoms with E-state index in [0.717, 1.165) is 5.56 Å². The third-order valence-corrected chi connectivity index (χ3v) is 6.89. The average molecular weight is 602 g/mol. The summed E-state index contributed by atoms with van der Waals surface area (Å²) in [6.07, 6.45) is 3.48. The van der Waals surface area contributed by atoms with Gasteiger partial charge in [-0.1, -0.05) is 23.7 Å². The van der Waals surface area contributed by atoms with Crippen LogP contribution in [0.15, 0.2) is 65.1 Å². The summed E-state index contributed by atoms with van der Waals surface area (Å²) in [6, 6.07) is 14.1. The molecule has 0 saturated heterocycles. The van der Waals surface area contributed by atoms with Crippen LogP contribution in [0.1, 0.15) is 19.4 Å². The molecule has 222 valence electrons. The second-order valence-corrected chi connectivity index (χ2v) is 10.7. The highest BCUT2D eigenvalue weighted by molar-refractivity contribution is 6.35. The SMILES string of the molecule is CNc1ncc2cc(-c3cc(OC)cc(OC)c3Cl)c(=O)n(CCc3cccc(NC(=O)/C(C#N)=C/C(C)(C)N)c3)c2n1. The zero-order chi connectivity index (χ0) is 31.3. The lowest BCUT2D eigenvalue weighted by Gasteiger charge is -2.16. The van der Waals surface area contributed by atoms with Gasteiger partial charge in [-0.05, 0) is 56.2 Å². The van der Waals surface area contributed by atoms with Gasteiger partial charge < -0.3 is 25.8 Å². The first-order valence-corrected chi connectivity index (χ1v) is 13.7. The first kappa shape index (κ1) is 31.0. The second-order valence-electron chi connectivity index (χ2n) is 10.3. The van der Waals surface area contributed by atoms with E-state index in [1.807, 2.05) is 12.1 Å². The van der Waals surface area contributed by atoms with Gasteiger partial charge in [0.05, 0.1) is 19.2 Å². The summed E-state index contributed by atoms with van der Waals surface area (Å²) in [5, 5.41) is 16.0. The van der Waals surface area contributed by atoms with E-state index in [0.29, 0.717) is 51.7 Å². The van der Waals surface area contributed by atoms with Crippen LogP contribution in [0.3, 0.4) is 0 Å². The molecule has 2 aromatic carbocycles. The standard InChI is InChI=1S/C31H32ClN7O4/c1-31(2,34)15-20(16-33)28(40)37-21-8-6-7-18(11-21)9-10-39-27-19(17-36-30(35-3)38-27)12-24(29(39)41)23-13-22(42-4)14-25(43-5)26(23)32/h6-8,11-15,17H,9-10,34H2,1-5H3,(H,37,40)(H,35,36,38)/b20-15+. The average Bonchev–Trinajstić information content (AvgIpc) is 2.98. The molecule has 0 aliphatic carbocycles. The molecule has 4 aromatic rings. The Hall–Kier alpha value is -4.92. The minimum absolute atomic E-state index is 0.0828.